The Morgan fingerprint density at radius 2 is 1.86 bits per heavy atom. The molecule has 0 fully saturated rings. The molecule has 1 heterocycles. The second-order valence-corrected chi connectivity index (χ2v) is 6.45. The number of hydrogen-bond donors (Lipinski definition) is 2. The predicted octanol–water partition coefficient (Wildman–Crippen LogP) is 5.06. The number of methoxy groups -OCH3 is 2. The van der Waals surface area contributed by atoms with Crippen LogP contribution >= 0.6 is 11.6 Å². The molecule has 0 radical (unpaired) electrons. The number of rotatable bonds is 6. The van der Waals surface area contributed by atoms with Gasteiger partial charge in [-0.3, -0.25) is 4.79 Å². The zero-order chi connectivity index (χ0) is 20.1. The summed E-state index contributed by atoms with van der Waals surface area (Å²) >= 11 is 6.16. The normalized spacial score (nSPS) is 10.3. The highest BCUT2D eigenvalue weighted by molar-refractivity contribution is 6.31. The lowest BCUT2D eigenvalue weighted by Gasteiger charge is -2.12. The quantitative estimate of drug-likeness (QED) is 0.608. The lowest BCUT2D eigenvalue weighted by Crippen LogP contribution is -2.13. The van der Waals surface area contributed by atoms with Crippen LogP contribution in [0.4, 0.5) is 17.2 Å². The minimum Gasteiger partial charge on any atom is -0.497 e. The molecule has 0 aliphatic carbocycles. The van der Waals surface area contributed by atoms with Gasteiger partial charge < -0.3 is 20.1 Å². The Morgan fingerprint density at radius 1 is 1.04 bits per heavy atom. The number of pyridine rings is 1. The number of nitrogens with one attached hydrogen (secondary N) is 2. The van der Waals surface area contributed by atoms with Crippen molar-refractivity contribution in [2.24, 2.45) is 0 Å². The highest BCUT2D eigenvalue weighted by atomic mass is 35.5. The predicted molar refractivity (Wildman–Crippen MR) is 111 cm³/mol. The van der Waals surface area contributed by atoms with E-state index in [1.165, 1.54) is 7.11 Å². The van der Waals surface area contributed by atoms with Crippen molar-refractivity contribution in [3.63, 3.8) is 0 Å². The standard InChI is InChI=1S/C21H20ClN3O3/c1-13-4-5-15(11-17(13)22)24-20-10-14(8-9-23-20)21(26)25-18-7-6-16(27-2)12-19(18)28-3/h4-12H,1-3H3,(H,23,24)(H,25,26). The summed E-state index contributed by atoms with van der Waals surface area (Å²) in [4.78, 5) is 16.9. The zero-order valence-corrected chi connectivity index (χ0v) is 16.5. The number of nitrogens with zero attached hydrogens (tertiary/aromatic N) is 1. The number of carbonyl (C=O) groups excluding carboxylic acids is 1. The third kappa shape index (κ3) is 4.53. The Kier molecular flexibility index (Phi) is 6.01. The summed E-state index contributed by atoms with van der Waals surface area (Å²) in [6.07, 6.45) is 1.57. The molecule has 0 unspecified atom stereocenters. The van der Waals surface area contributed by atoms with Gasteiger partial charge in [-0.1, -0.05) is 17.7 Å². The molecule has 144 valence electrons. The van der Waals surface area contributed by atoms with Crippen LogP contribution in [0, 0.1) is 6.92 Å². The van der Waals surface area contributed by atoms with Crippen LogP contribution in [0.25, 0.3) is 0 Å². The molecule has 2 aromatic carbocycles. The van der Waals surface area contributed by atoms with Gasteiger partial charge in [-0.05, 0) is 48.9 Å². The van der Waals surface area contributed by atoms with Crippen LogP contribution in [0.1, 0.15) is 15.9 Å². The summed E-state index contributed by atoms with van der Waals surface area (Å²) in [6.45, 7) is 1.93. The summed E-state index contributed by atoms with van der Waals surface area (Å²) in [5.41, 5.74) is 2.78. The van der Waals surface area contributed by atoms with E-state index in [4.69, 9.17) is 21.1 Å². The number of aryl methyl sites for hydroxylation is 1. The molecule has 0 saturated carbocycles. The van der Waals surface area contributed by atoms with E-state index in [9.17, 15) is 4.79 Å². The maximum atomic E-state index is 12.7. The lowest BCUT2D eigenvalue weighted by molar-refractivity contribution is 0.102. The first kappa shape index (κ1) is 19.5. The summed E-state index contributed by atoms with van der Waals surface area (Å²) in [5, 5.41) is 6.65. The van der Waals surface area contributed by atoms with Crippen LogP contribution in [0.15, 0.2) is 54.7 Å². The number of benzene rings is 2. The fraction of sp³-hybridized carbons (Fsp3) is 0.143. The molecule has 1 amide bonds. The molecule has 0 spiro atoms. The van der Waals surface area contributed by atoms with E-state index >= 15 is 0 Å². The third-order valence-corrected chi connectivity index (χ3v) is 4.53. The minimum atomic E-state index is -0.282. The number of aromatic nitrogens is 1. The molecule has 0 atom stereocenters. The molecule has 0 aliphatic heterocycles. The monoisotopic (exact) mass is 397 g/mol. The van der Waals surface area contributed by atoms with Gasteiger partial charge in [0.15, 0.2) is 0 Å². The van der Waals surface area contributed by atoms with E-state index in [1.807, 2.05) is 25.1 Å². The molecule has 1 aromatic heterocycles. The van der Waals surface area contributed by atoms with Crippen molar-refractivity contribution < 1.29 is 14.3 Å². The van der Waals surface area contributed by atoms with E-state index in [0.717, 1.165) is 11.3 Å². The Bertz CT molecular complexity index is 1010. The lowest BCUT2D eigenvalue weighted by atomic mass is 10.2. The van der Waals surface area contributed by atoms with E-state index in [2.05, 4.69) is 15.6 Å². The number of ether oxygens (including phenoxy) is 2. The fourth-order valence-electron chi connectivity index (χ4n) is 2.55. The van der Waals surface area contributed by atoms with Gasteiger partial charge in [0.1, 0.15) is 17.3 Å². The number of halogens is 1. The first-order valence-electron chi connectivity index (χ1n) is 8.53. The van der Waals surface area contributed by atoms with Gasteiger partial charge in [0.25, 0.3) is 5.91 Å². The smallest absolute Gasteiger partial charge is 0.255 e. The van der Waals surface area contributed by atoms with Gasteiger partial charge in [0.05, 0.1) is 19.9 Å². The Labute approximate surface area is 168 Å². The van der Waals surface area contributed by atoms with Gasteiger partial charge >= 0.3 is 0 Å². The number of hydrogen-bond acceptors (Lipinski definition) is 5. The summed E-state index contributed by atoms with van der Waals surface area (Å²) in [6, 6.07) is 14.1. The van der Waals surface area contributed by atoms with Crippen LogP contribution in [0.2, 0.25) is 5.02 Å². The largest absolute Gasteiger partial charge is 0.497 e. The van der Waals surface area contributed by atoms with Crippen molar-refractivity contribution in [2.45, 2.75) is 6.92 Å². The van der Waals surface area contributed by atoms with Crippen LogP contribution in [0.5, 0.6) is 11.5 Å². The van der Waals surface area contributed by atoms with Gasteiger partial charge in [0.2, 0.25) is 0 Å². The molecule has 3 aromatic rings. The fourth-order valence-corrected chi connectivity index (χ4v) is 2.74. The van der Waals surface area contributed by atoms with Gasteiger partial charge in [-0.25, -0.2) is 4.98 Å². The highest BCUT2D eigenvalue weighted by Gasteiger charge is 2.12. The van der Waals surface area contributed by atoms with E-state index in [1.54, 1.807) is 43.6 Å². The van der Waals surface area contributed by atoms with Crippen LogP contribution in [-0.2, 0) is 0 Å². The van der Waals surface area contributed by atoms with Crippen LogP contribution < -0.4 is 20.1 Å². The number of amides is 1. The maximum Gasteiger partial charge on any atom is 0.255 e. The van der Waals surface area contributed by atoms with Crippen molar-refractivity contribution in [2.75, 3.05) is 24.9 Å². The first-order valence-corrected chi connectivity index (χ1v) is 8.90. The summed E-state index contributed by atoms with van der Waals surface area (Å²) in [5.74, 6) is 1.40. The zero-order valence-electron chi connectivity index (χ0n) is 15.7. The summed E-state index contributed by atoms with van der Waals surface area (Å²) < 4.78 is 10.5. The average Bonchev–Trinajstić information content (AvgIpc) is 2.71. The molecule has 7 heteroatoms. The van der Waals surface area contributed by atoms with E-state index < -0.39 is 0 Å². The van der Waals surface area contributed by atoms with Gasteiger partial charge in [-0.15, -0.1) is 0 Å². The minimum absolute atomic E-state index is 0.282. The second-order valence-electron chi connectivity index (χ2n) is 6.04. The molecule has 6 nitrogen and oxygen atoms in total. The van der Waals surface area contributed by atoms with Crippen molar-refractivity contribution in [3.8, 4) is 11.5 Å². The average molecular weight is 398 g/mol. The molecule has 0 aliphatic rings. The van der Waals surface area contributed by atoms with E-state index in [-0.39, 0.29) is 5.91 Å². The van der Waals surface area contributed by atoms with Crippen LogP contribution in [-0.4, -0.2) is 25.1 Å². The molecular formula is C21H20ClN3O3. The first-order chi connectivity index (χ1) is 13.5. The summed E-state index contributed by atoms with van der Waals surface area (Å²) in [7, 11) is 3.10. The van der Waals surface area contributed by atoms with Crippen molar-refractivity contribution in [1.29, 1.82) is 0 Å². The molecule has 28 heavy (non-hydrogen) atoms. The topological polar surface area (TPSA) is 72.5 Å². The molecular weight excluding hydrogens is 378 g/mol. The molecule has 0 saturated heterocycles. The molecule has 2 N–H and O–H groups in total. The van der Waals surface area contributed by atoms with Gasteiger partial charge in [0, 0.05) is 28.5 Å². The number of anilines is 3. The third-order valence-electron chi connectivity index (χ3n) is 4.12. The van der Waals surface area contributed by atoms with Crippen LogP contribution in [0.3, 0.4) is 0 Å². The molecule has 0 bridgehead atoms. The molecule has 3 rings (SSSR count). The SMILES string of the molecule is COc1ccc(NC(=O)c2ccnc(Nc3ccc(C)c(Cl)c3)c2)c(OC)c1. The highest BCUT2D eigenvalue weighted by Crippen LogP contribution is 2.29. The van der Waals surface area contributed by atoms with Crippen molar-refractivity contribution in [1.82, 2.24) is 4.98 Å². The number of carbonyl (C=O) groups is 1. The van der Waals surface area contributed by atoms with Gasteiger partial charge in [-0.2, -0.15) is 0 Å². The Morgan fingerprint density at radius 3 is 2.57 bits per heavy atom. The Hall–Kier alpha value is -3.25. The van der Waals surface area contributed by atoms with Crippen molar-refractivity contribution in [3.05, 3.63) is 70.9 Å². The van der Waals surface area contributed by atoms with Crippen molar-refractivity contribution >= 4 is 34.7 Å². The second kappa shape index (κ2) is 8.63. The Balaban J connectivity index is 1.78. The van der Waals surface area contributed by atoms with E-state index in [0.29, 0.717) is 33.6 Å². The maximum absolute atomic E-state index is 12.7.